The molecule has 1 spiro atoms. The molecule has 37 heavy (non-hydrogen) atoms. The molecule has 2 saturated heterocycles. The number of urea groups is 1. The largest absolute Gasteiger partial charge is 0.382 e. The number of nitrogens with zero attached hydrogens (tertiary/aromatic N) is 5. The molecule has 2 aromatic rings. The van der Waals surface area contributed by atoms with E-state index in [0.29, 0.717) is 61.6 Å². The van der Waals surface area contributed by atoms with Crippen LogP contribution in [0.15, 0.2) is 29.3 Å². The number of aromatic nitrogens is 2. The predicted octanol–water partition coefficient (Wildman–Crippen LogP) is 0.0681. The molecule has 0 aliphatic carbocycles. The van der Waals surface area contributed by atoms with Crippen LogP contribution in [0.4, 0.5) is 22.1 Å². The molecular formula is C23H27IN10O3. The number of nitrogens with one attached hydrogen (secondary N) is 3. The molecule has 2 fully saturated rings. The van der Waals surface area contributed by atoms with Crippen molar-refractivity contribution in [2.75, 3.05) is 49.1 Å². The standard InChI is InChI=1S/C23H27IN10O3/c24-17-19(26)30-18(25)16(29-17)20(36)31-21-28-12-23(32-21)5-8-33(9-6-23)15(35)11-13-1-3-14(4-2-13)34-10-7-27-22(34)37/h1-4H,5-12H2,(H,27,37)(H4,25,26,30)(H2,28,31,32,36). The molecule has 5 rings (SSSR count). The minimum Gasteiger partial charge on any atom is -0.382 e. The molecule has 3 aliphatic rings. The number of benzene rings is 1. The van der Waals surface area contributed by atoms with Gasteiger partial charge in [0.15, 0.2) is 23.3 Å². The van der Waals surface area contributed by atoms with Crippen LogP contribution in [-0.4, -0.2) is 76.9 Å². The molecule has 194 valence electrons. The molecule has 4 amide bonds. The third-order valence-corrected chi connectivity index (χ3v) is 7.60. The maximum atomic E-state index is 12.9. The average Bonchev–Trinajstić information content (AvgIpc) is 3.48. The summed E-state index contributed by atoms with van der Waals surface area (Å²) >= 11 is 1.89. The second kappa shape index (κ2) is 9.99. The molecule has 0 atom stereocenters. The van der Waals surface area contributed by atoms with Gasteiger partial charge in [-0.3, -0.25) is 24.8 Å². The molecule has 0 radical (unpaired) electrons. The van der Waals surface area contributed by atoms with E-state index in [2.05, 4.69) is 30.9 Å². The van der Waals surface area contributed by atoms with Crippen LogP contribution >= 0.6 is 22.6 Å². The number of hydrogen-bond acceptors (Lipinski definition) is 9. The van der Waals surface area contributed by atoms with Gasteiger partial charge in [-0.25, -0.2) is 14.8 Å². The number of aliphatic imine (C=N–C) groups is 1. The summed E-state index contributed by atoms with van der Waals surface area (Å²) in [4.78, 5) is 53.5. The quantitative estimate of drug-likeness (QED) is 0.298. The van der Waals surface area contributed by atoms with E-state index in [1.807, 2.05) is 51.8 Å². The third-order valence-electron chi connectivity index (χ3n) is 6.81. The number of guanidine groups is 1. The first-order valence-corrected chi connectivity index (χ1v) is 13.0. The van der Waals surface area contributed by atoms with Crippen molar-refractivity contribution in [1.29, 1.82) is 0 Å². The van der Waals surface area contributed by atoms with Crippen LogP contribution in [0.2, 0.25) is 0 Å². The number of piperidine rings is 1. The first kappa shape index (κ1) is 25.0. The summed E-state index contributed by atoms with van der Waals surface area (Å²) in [5, 5.41) is 8.82. The van der Waals surface area contributed by atoms with Crippen molar-refractivity contribution in [3.05, 3.63) is 39.2 Å². The van der Waals surface area contributed by atoms with Gasteiger partial charge in [0.1, 0.15) is 3.70 Å². The van der Waals surface area contributed by atoms with E-state index in [0.717, 1.165) is 11.3 Å². The summed E-state index contributed by atoms with van der Waals surface area (Å²) in [7, 11) is 0. The van der Waals surface area contributed by atoms with Gasteiger partial charge >= 0.3 is 6.03 Å². The smallest absolute Gasteiger partial charge is 0.321 e. The molecule has 1 aromatic carbocycles. The topological polar surface area (TPSA) is 184 Å². The highest BCUT2D eigenvalue weighted by Crippen LogP contribution is 2.26. The Morgan fingerprint density at radius 2 is 1.81 bits per heavy atom. The minimum absolute atomic E-state index is 0.0128. The van der Waals surface area contributed by atoms with Gasteiger partial charge in [0, 0.05) is 31.9 Å². The highest BCUT2D eigenvalue weighted by atomic mass is 127. The number of carbonyl (C=O) groups is 3. The average molecular weight is 618 g/mol. The van der Waals surface area contributed by atoms with E-state index in [1.165, 1.54) is 0 Å². The molecule has 0 bridgehead atoms. The highest BCUT2D eigenvalue weighted by Gasteiger charge is 2.40. The van der Waals surface area contributed by atoms with Crippen LogP contribution in [0.25, 0.3) is 0 Å². The predicted molar refractivity (Wildman–Crippen MR) is 146 cm³/mol. The second-order valence-corrected chi connectivity index (χ2v) is 10.3. The number of likely N-dealkylation sites (tertiary alicyclic amines) is 1. The van der Waals surface area contributed by atoms with Gasteiger partial charge < -0.3 is 27.0 Å². The number of nitrogens with two attached hydrogens (primary N) is 2. The lowest BCUT2D eigenvalue weighted by molar-refractivity contribution is -0.132. The Balaban J connectivity index is 1.12. The fraction of sp³-hybridized carbons (Fsp3) is 0.391. The lowest BCUT2D eigenvalue weighted by Gasteiger charge is -2.39. The number of nitrogen functional groups attached to an aromatic ring is 2. The zero-order valence-corrected chi connectivity index (χ0v) is 22.1. The Bertz CT molecular complexity index is 1270. The van der Waals surface area contributed by atoms with Crippen molar-refractivity contribution >= 4 is 63.7 Å². The molecule has 4 heterocycles. The van der Waals surface area contributed by atoms with Crippen molar-refractivity contribution in [2.45, 2.75) is 24.8 Å². The minimum atomic E-state index is -0.518. The monoisotopic (exact) mass is 618 g/mol. The molecule has 14 heteroatoms. The van der Waals surface area contributed by atoms with Crippen molar-refractivity contribution in [1.82, 2.24) is 30.8 Å². The van der Waals surface area contributed by atoms with E-state index >= 15 is 0 Å². The number of halogens is 1. The maximum Gasteiger partial charge on any atom is 0.321 e. The number of anilines is 3. The van der Waals surface area contributed by atoms with Crippen LogP contribution < -0.4 is 32.3 Å². The van der Waals surface area contributed by atoms with Gasteiger partial charge in [0.25, 0.3) is 5.91 Å². The fourth-order valence-electron chi connectivity index (χ4n) is 4.67. The molecule has 3 aliphatic heterocycles. The fourth-order valence-corrected chi connectivity index (χ4v) is 5.03. The maximum absolute atomic E-state index is 12.9. The van der Waals surface area contributed by atoms with Gasteiger partial charge in [0.2, 0.25) is 5.91 Å². The molecular weight excluding hydrogens is 591 g/mol. The van der Waals surface area contributed by atoms with Crippen molar-refractivity contribution in [3.63, 3.8) is 0 Å². The van der Waals surface area contributed by atoms with Crippen LogP contribution in [0.5, 0.6) is 0 Å². The van der Waals surface area contributed by atoms with Gasteiger partial charge in [0.05, 0.1) is 18.5 Å². The lowest BCUT2D eigenvalue weighted by Crippen LogP contribution is -2.57. The Hall–Kier alpha value is -3.69. The summed E-state index contributed by atoms with van der Waals surface area (Å²) in [6.45, 7) is 2.94. The lowest BCUT2D eigenvalue weighted by atomic mass is 9.88. The number of amides is 4. The zero-order valence-electron chi connectivity index (χ0n) is 20.0. The van der Waals surface area contributed by atoms with Crippen molar-refractivity contribution in [3.8, 4) is 0 Å². The molecule has 7 N–H and O–H groups in total. The molecule has 1 aromatic heterocycles. The Morgan fingerprint density at radius 3 is 2.49 bits per heavy atom. The van der Waals surface area contributed by atoms with Crippen LogP contribution in [-0.2, 0) is 11.2 Å². The van der Waals surface area contributed by atoms with Gasteiger partial charge in [-0.2, -0.15) is 0 Å². The van der Waals surface area contributed by atoms with Gasteiger partial charge in [-0.05, 0) is 53.1 Å². The Morgan fingerprint density at radius 1 is 1.08 bits per heavy atom. The van der Waals surface area contributed by atoms with Crippen LogP contribution in [0, 0.1) is 3.70 Å². The number of hydrogen-bond donors (Lipinski definition) is 5. The highest BCUT2D eigenvalue weighted by molar-refractivity contribution is 14.1. The Labute approximate surface area is 226 Å². The summed E-state index contributed by atoms with van der Waals surface area (Å²) in [6.07, 6.45) is 1.70. The summed E-state index contributed by atoms with van der Waals surface area (Å²) in [5.74, 6) is 0.00635. The molecule has 0 saturated carbocycles. The first-order chi connectivity index (χ1) is 17.7. The first-order valence-electron chi connectivity index (χ1n) is 11.9. The summed E-state index contributed by atoms with van der Waals surface area (Å²) in [6, 6.07) is 7.43. The number of rotatable bonds is 4. The number of carbonyl (C=O) groups excluding carboxylic acids is 3. The SMILES string of the molecule is Nc1nc(N)c(C(=O)NC2=NCC3(CCN(C(=O)Cc4ccc(N5CCNC5=O)cc4)CC3)N2)nc1I. The normalized spacial score (nSPS) is 18.4. The van der Waals surface area contributed by atoms with Crippen molar-refractivity contribution < 1.29 is 14.4 Å². The Kier molecular flexibility index (Phi) is 6.74. The van der Waals surface area contributed by atoms with Gasteiger partial charge in [-0.1, -0.05) is 12.1 Å². The van der Waals surface area contributed by atoms with Crippen molar-refractivity contribution in [2.24, 2.45) is 4.99 Å². The molecule has 0 unspecified atom stereocenters. The zero-order chi connectivity index (χ0) is 26.2. The van der Waals surface area contributed by atoms with E-state index in [9.17, 15) is 14.4 Å². The van der Waals surface area contributed by atoms with E-state index in [4.69, 9.17) is 11.5 Å². The second-order valence-electron chi connectivity index (χ2n) is 9.27. The van der Waals surface area contributed by atoms with Crippen LogP contribution in [0.3, 0.4) is 0 Å². The van der Waals surface area contributed by atoms with E-state index in [-0.39, 0.29) is 34.8 Å². The van der Waals surface area contributed by atoms with E-state index in [1.54, 1.807) is 4.90 Å². The third kappa shape index (κ3) is 5.23. The van der Waals surface area contributed by atoms with Gasteiger partial charge in [-0.15, -0.1) is 0 Å². The van der Waals surface area contributed by atoms with E-state index < -0.39 is 5.91 Å². The summed E-state index contributed by atoms with van der Waals surface area (Å²) in [5.41, 5.74) is 12.9. The molecule has 13 nitrogen and oxygen atoms in total. The summed E-state index contributed by atoms with van der Waals surface area (Å²) < 4.78 is 0.390. The van der Waals surface area contributed by atoms with Crippen LogP contribution in [0.1, 0.15) is 28.9 Å².